The lowest BCUT2D eigenvalue weighted by atomic mass is 10.0. The number of nitrogens with one attached hydrogen (secondary N) is 1. The summed E-state index contributed by atoms with van der Waals surface area (Å²) in [5.41, 5.74) is 3.28. The van der Waals surface area contributed by atoms with Crippen LogP contribution in [0.15, 0.2) is 90.4 Å². The predicted molar refractivity (Wildman–Crippen MR) is 134 cm³/mol. The predicted octanol–water partition coefficient (Wildman–Crippen LogP) is 3.84. The maximum Gasteiger partial charge on any atom is 0.281 e. The summed E-state index contributed by atoms with van der Waals surface area (Å²) < 4.78 is 20.5. The zero-order valence-corrected chi connectivity index (χ0v) is 19.9. The Kier molecular flexibility index (Phi) is 6.71. The molecule has 0 saturated heterocycles. The van der Waals surface area contributed by atoms with Crippen molar-refractivity contribution >= 4 is 28.5 Å². The lowest BCUT2D eigenvalue weighted by Crippen LogP contribution is -2.44. The molecule has 1 atom stereocenters. The van der Waals surface area contributed by atoms with Gasteiger partial charge in [-0.25, -0.2) is 14.4 Å². The van der Waals surface area contributed by atoms with Crippen molar-refractivity contribution in [3.8, 4) is 0 Å². The molecule has 3 aromatic heterocycles. The lowest BCUT2D eigenvalue weighted by Gasteiger charge is -2.30. The molecule has 0 bridgehead atoms. The Balaban J connectivity index is 1.52. The average Bonchev–Trinajstić information content (AvgIpc) is 3.57. The van der Waals surface area contributed by atoms with Gasteiger partial charge < -0.3 is 14.3 Å². The summed E-state index contributed by atoms with van der Waals surface area (Å²) in [5.74, 6) is -1.30. The number of aromatic nitrogens is 4. The van der Waals surface area contributed by atoms with Gasteiger partial charge in [-0.3, -0.25) is 19.5 Å². The first-order valence-electron chi connectivity index (χ1n) is 11.6. The fourth-order valence-electron chi connectivity index (χ4n) is 4.17. The third-order valence-electron chi connectivity index (χ3n) is 5.97. The summed E-state index contributed by atoms with van der Waals surface area (Å²) in [6, 6.07) is 13.9. The maximum atomic E-state index is 13.7. The number of imidazole rings is 1. The Morgan fingerprint density at radius 2 is 2.03 bits per heavy atom. The van der Waals surface area contributed by atoms with Crippen LogP contribution in [-0.4, -0.2) is 37.9 Å². The van der Waals surface area contributed by atoms with E-state index >= 15 is 0 Å². The molecule has 2 amide bonds. The van der Waals surface area contributed by atoms with E-state index in [1.54, 1.807) is 55.1 Å². The molecule has 37 heavy (non-hydrogen) atoms. The number of aryl methyl sites for hydroxylation is 1. The van der Waals surface area contributed by atoms with Crippen molar-refractivity contribution in [3.63, 3.8) is 0 Å². The zero-order valence-electron chi connectivity index (χ0n) is 19.9. The Morgan fingerprint density at radius 1 is 1.14 bits per heavy atom. The van der Waals surface area contributed by atoms with Crippen LogP contribution in [0.3, 0.4) is 0 Å². The van der Waals surface area contributed by atoms with Gasteiger partial charge in [0.1, 0.15) is 18.1 Å². The van der Waals surface area contributed by atoms with Gasteiger partial charge in [-0.05, 0) is 48.4 Å². The number of nitrogens with zero attached hydrogens (tertiary/aromatic N) is 5. The van der Waals surface area contributed by atoms with Crippen molar-refractivity contribution in [2.75, 3.05) is 11.4 Å². The van der Waals surface area contributed by atoms with E-state index in [0.717, 1.165) is 17.5 Å². The van der Waals surface area contributed by atoms with Crippen LogP contribution in [0, 0.1) is 5.82 Å². The molecule has 10 heteroatoms. The molecule has 0 spiro atoms. The third-order valence-corrected chi connectivity index (χ3v) is 5.97. The van der Waals surface area contributed by atoms with E-state index in [1.165, 1.54) is 23.3 Å². The number of hydrogen-bond donors (Lipinski definition) is 1. The second kappa shape index (κ2) is 10.4. The van der Waals surface area contributed by atoms with Crippen LogP contribution in [-0.2, 0) is 18.3 Å². The van der Waals surface area contributed by atoms with Gasteiger partial charge in [0.25, 0.3) is 5.91 Å². The van der Waals surface area contributed by atoms with Crippen LogP contribution in [0.1, 0.15) is 27.7 Å². The van der Waals surface area contributed by atoms with Gasteiger partial charge in [-0.15, -0.1) is 0 Å². The summed E-state index contributed by atoms with van der Waals surface area (Å²) in [6.45, 7) is 0.240. The van der Waals surface area contributed by atoms with E-state index in [9.17, 15) is 14.0 Å². The Hall–Kier alpha value is -4.86. The topological polar surface area (TPSA) is 106 Å². The van der Waals surface area contributed by atoms with Gasteiger partial charge in [0.15, 0.2) is 12.1 Å². The molecule has 2 aromatic carbocycles. The van der Waals surface area contributed by atoms with Crippen molar-refractivity contribution in [3.05, 3.63) is 109 Å². The first-order valence-corrected chi connectivity index (χ1v) is 11.6. The molecule has 3 heterocycles. The molecule has 1 unspecified atom stereocenters. The molecule has 0 fully saturated rings. The molecule has 5 rings (SSSR count). The van der Waals surface area contributed by atoms with Crippen molar-refractivity contribution in [1.29, 1.82) is 0 Å². The molecule has 0 radical (unpaired) electrons. The second-order valence-electron chi connectivity index (χ2n) is 8.44. The van der Waals surface area contributed by atoms with E-state index in [2.05, 4.69) is 20.3 Å². The molecular weight excluding hydrogens is 475 g/mol. The summed E-state index contributed by atoms with van der Waals surface area (Å²) in [4.78, 5) is 41.4. The summed E-state index contributed by atoms with van der Waals surface area (Å²) in [5, 5.41) is 2.89. The van der Waals surface area contributed by atoms with E-state index in [1.807, 2.05) is 17.7 Å². The van der Waals surface area contributed by atoms with Crippen molar-refractivity contribution in [2.24, 2.45) is 7.05 Å². The lowest BCUT2D eigenvalue weighted by molar-refractivity contribution is -0.122. The molecule has 5 aromatic rings. The summed E-state index contributed by atoms with van der Waals surface area (Å²) in [6.07, 6.45) is 7.62. The highest BCUT2D eigenvalue weighted by atomic mass is 19.1. The van der Waals surface area contributed by atoms with Crippen molar-refractivity contribution in [2.45, 2.75) is 12.5 Å². The van der Waals surface area contributed by atoms with Crippen LogP contribution in [0.2, 0.25) is 0 Å². The largest absolute Gasteiger partial charge is 0.451 e. The van der Waals surface area contributed by atoms with Gasteiger partial charge in [-0.1, -0.05) is 18.2 Å². The fourth-order valence-corrected chi connectivity index (χ4v) is 4.17. The number of carbonyl (C=O) groups is 2. The Labute approximate surface area is 211 Å². The van der Waals surface area contributed by atoms with E-state index in [-0.39, 0.29) is 18.1 Å². The minimum absolute atomic E-state index is 0.0440. The van der Waals surface area contributed by atoms with Crippen LogP contribution in [0.4, 0.5) is 10.1 Å². The molecule has 9 nitrogen and oxygen atoms in total. The van der Waals surface area contributed by atoms with Gasteiger partial charge in [0, 0.05) is 37.2 Å². The highest BCUT2D eigenvalue weighted by Crippen LogP contribution is 2.31. The molecule has 0 aliphatic heterocycles. The van der Waals surface area contributed by atoms with Crippen LogP contribution >= 0.6 is 0 Å². The third kappa shape index (κ3) is 5.08. The number of carbonyl (C=O) groups excluding carboxylic acids is 2. The highest BCUT2D eigenvalue weighted by molar-refractivity contribution is 6.09. The number of benzene rings is 2. The van der Waals surface area contributed by atoms with Crippen LogP contribution in [0.25, 0.3) is 11.0 Å². The molecular formula is C27H23FN6O3. The molecule has 0 aliphatic rings. The van der Waals surface area contributed by atoms with Gasteiger partial charge >= 0.3 is 0 Å². The maximum absolute atomic E-state index is 13.7. The first kappa shape index (κ1) is 23.9. The van der Waals surface area contributed by atoms with Crippen molar-refractivity contribution < 1.29 is 18.4 Å². The number of anilines is 1. The van der Waals surface area contributed by atoms with Gasteiger partial charge in [0.2, 0.25) is 5.91 Å². The second-order valence-corrected chi connectivity index (χ2v) is 8.44. The van der Waals surface area contributed by atoms with Crippen molar-refractivity contribution in [1.82, 2.24) is 24.8 Å². The van der Waals surface area contributed by atoms with Gasteiger partial charge in [-0.2, -0.15) is 0 Å². The highest BCUT2D eigenvalue weighted by Gasteiger charge is 2.34. The van der Waals surface area contributed by atoms with Gasteiger partial charge in [0.05, 0.1) is 17.4 Å². The smallest absolute Gasteiger partial charge is 0.281 e. The monoisotopic (exact) mass is 498 g/mol. The minimum Gasteiger partial charge on any atom is -0.451 e. The number of hydrogen-bond acceptors (Lipinski definition) is 6. The first-order chi connectivity index (χ1) is 18.0. The number of pyridine rings is 1. The Morgan fingerprint density at radius 3 is 2.78 bits per heavy atom. The molecule has 0 saturated carbocycles. The number of amides is 2. The zero-order chi connectivity index (χ0) is 25.8. The average molecular weight is 499 g/mol. The summed E-state index contributed by atoms with van der Waals surface area (Å²) in [7, 11) is 1.87. The quantitative estimate of drug-likeness (QED) is 0.348. The molecule has 0 aliphatic carbocycles. The van der Waals surface area contributed by atoms with E-state index in [4.69, 9.17) is 4.42 Å². The number of fused-ring (bicyclic) bond motifs is 1. The Bertz CT molecular complexity index is 1530. The standard InChI is InChI=1S/C27H23FN6O3/c1-33-16-31-22-13-21(7-8-24(22)33)34(27(36)23-15-37-17-32-23)25(19-5-3-10-29-14-19)26(35)30-11-9-18-4-2-6-20(28)12-18/h2-8,10,12-17,25H,9,11H2,1H3,(H,30,35). The minimum atomic E-state index is -1.08. The van der Waals surface area contributed by atoms with E-state index in [0.29, 0.717) is 23.2 Å². The van der Waals surface area contributed by atoms with Crippen LogP contribution in [0.5, 0.6) is 0 Å². The number of halogens is 1. The summed E-state index contributed by atoms with van der Waals surface area (Å²) >= 11 is 0. The van der Waals surface area contributed by atoms with Crippen LogP contribution < -0.4 is 10.2 Å². The fraction of sp³-hybridized carbons (Fsp3) is 0.148. The SMILES string of the molecule is Cn1cnc2cc(N(C(=O)c3cocn3)C(C(=O)NCCc3cccc(F)c3)c3cccnc3)ccc21. The molecule has 1 N–H and O–H groups in total. The number of rotatable bonds is 8. The normalized spacial score (nSPS) is 11.8. The molecule has 186 valence electrons. The van der Waals surface area contributed by atoms with E-state index < -0.39 is 17.9 Å². The number of oxazole rings is 1.